The van der Waals surface area contributed by atoms with Crippen LogP contribution in [0.4, 0.5) is 0 Å². The third-order valence-electron chi connectivity index (χ3n) is 2.06. The van der Waals surface area contributed by atoms with E-state index in [4.69, 9.17) is 16.6 Å². The van der Waals surface area contributed by atoms with Crippen molar-refractivity contribution in [1.29, 1.82) is 10.8 Å². The van der Waals surface area contributed by atoms with E-state index < -0.39 is 0 Å². The van der Waals surface area contributed by atoms with Gasteiger partial charge in [0, 0.05) is 18.8 Å². The van der Waals surface area contributed by atoms with Crippen LogP contribution in [0.15, 0.2) is 0 Å². The number of nitrogens with two attached hydrogens (primary N) is 1. The molecule has 0 saturated carbocycles. The Bertz CT molecular complexity index is 216. The van der Waals surface area contributed by atoms with Gasteiger partial charge < -0.3 is 10.6 Å². The second-order valence-corrected chi connectivity index (χ2v) is 3.86. The molecule has 0 bridgehead atoms. The number of rotatable bonds is 3. The van der Waals surface area contributed by atoms with Gasteiger partial charge in [0.15, 0.2) is 11.9 Å². The second-order valence-electron chi connectivity index (χ2n) is 3.49. The van der Waals surface area contributed by atoms with Gasteiger partial charge in [0.1, 0.15) is 0 Å². The molecule has 0 heterocycles. The van der Waals surface area contributed by atoms with E-state index >= 15 is 0 Å². The first-order chi connectivity index (χ1) is 6.40. The van der Waals surface area contributed by atoms with E-state index in [1.54, 1.807) is 11.9 Å². The monoisotopic (exact) mass is 217 g/mol. The van der Waals surface area contributed by atoms with E-state index in [1.165, 1.54) is 0 Å². The smallest absolute Gasteiger partial charge is 0.197 e. The van der Waals surface area contributed by atoms with Crippen molar-refractivity contribution in [3.63, 3.8) is 0 Å². The Kier molecular flexibility index (Phi) is 5.37. The normalized spacial score (nSPS) is 12.4. The Morgan fingerprint density at radius 2 is 2.00 bits per heavy atom. The number of hydrogen-bond acceptors (Lipinski definition) is 3. The van der Waals surface area contributed by atoms with Crippen LogP contribution >= 0.6 is 12.6 Å². The second kappa shape index (κ2) is 5.74. The summed E-state index contributed by atoms with van der Waals surface area (Å²) >= 11 is 4.23. The van der Waals surface area contributed by atoms with Crippen molar-refractivity contribution in [2.45, 2.75) is 19.9 Å². The fraction of sp³-hybridized carbons (Fsp3) is 0.750. The van der Waals surface area contributed by atoms with Crippen LogP contribution in [0.5, 0.6) is 0 Å². The van der Waals surface area contributed by atoms with E-state index in [0.717, 1.165) is 0 Å². The Morgan fingerprint density at radius 3 is 2.29 bits per heavy atom. The summed E-state index contributed by atoms with van der Waals surface area (Å²) < 4.78 is 0. The summed E-state index contributed by atoms with van der Waals surface area (Å²) in [4.78, 5) is 1.74. The van der Waals surface area contributed by atoms with E-state index in [2.05, 4.69) is 31.8 Å². The number of hydrogen-bond donors (Lipinski definition) is 5. The van der Waals surface area contributed by atoms with Gasteiger partial charge in [-0.25, -0.2) is 0 Å². The lowest BCUT2D eigenvalue weighted by molar-refractivity contribution is 0.308. The first-order valence-electron chi connectivity index (χ1n) is 4.43. The number of guanidine groups is 2. The molecule has 0 unspecified atom stereocenters. The van der Waals surface area contributed by atoms with Gasteiger partial charge in [-0.15, -0.1) is 0 Å². The standard InChI is InChI=1S/C8H19N5S/c1-5(2)6(4-14)13(3)8(11)12-7(9)10/h5-6,14H,4H2,1-3H3,(H5,9,10,11,12)/t6-/m0/s1. The summed E-state index contributed by atoms with van der Waals surface area (Å²) in [6.45, 7) is 4.14. The van der Waals surface area contributed by atoms with Crippen LogP contribution in [0.3, 0.4) is 0 Å². The summed E-state index contributed by atoms with van der Waals surface area (Å²) in [7, 11) is 1.79. The molecule has 0 aliphatic heterocycles. The quantitative estimate of drug-likeness (QED) is 0.267. The lowest BCUT2D eigenvalue weighted by Gasteiger charge is -2.31. The molecule has 0 aromatic rings. The van der Waals surface area contributed by atoms with Crippen molar-refractivity contribution < 1.29 is 0 Å². The van der Waals surface area contributed by atoms with Crippen LogP contribution in [-0.4, -0.2) is 35.7 Å². The first-order valence-corrected chi connectivity index (χ1v) is 5.06. The lowest BCUT2D eigenvalue weighted by Crippen LogP contribution is -2.50. The molecule has 14 heavy (non-hydrogen) atoms. The van der Waals surface area contributed by atoms with Gasteiger partial charge in [0.05, 0.1) is 0 Å². The van der Waals surface area contributed by atoms with Crippen LogP contribution in [0, 0.1) is 16.7 Å². The maximum Gasteiger partial charge on any atom is 0.197 e. The number of thiol groups is 1. The van der Waals surface area contributed by atoms with Gasteiger partial charge in [-0.3, -0.25) is 16.1 Å². The molecule has 0 amide bonds. The average molecular weight is 217 g/mol. The van der Waals surface area contributed by atoms with Crippen molar-refractivity contribution in [2.75, 3.05) is 12.8 Å². The number of nitrogens with zero attached hydrogens (tertiary/aromatic N) is 1. The van der Waals surface area contributed by atoms with Gasteiger partial charge in [0.25, 0.3) is 0 Å². The van der Waals surface area contributed by atoms with Crippen molar-refractivity contribution in [2.24, 2.45) is 11.7 Å². The molecule has 0 radical (unpaired) electrons. The van der Waals surface area contributed by atoms with Crippen molar-refractivity contribution in [3.8, 4) is 0 Å². The maximum atomic E-state index is 7.61. The molecule has 5 N–H and O–H groups in total. The highest BCUT2D eigenvalue weighted by Gasteiger charge is 2.19. The summed E-state index contributed by atoms with van der Waals surface area (Å²) in [6.07, 6.45) is 0. The molecule has 0 saturated heterocycles. The topological polar surface area (TPSA) is 89.0 Å². The summed E-state index contributed by atoms with van der Waals surface area (Å²) in [5.74, 6) is 0.969. The summed E-state index contributed by atoms with van der Waals surface area (Å²) in [5.41, 5.74) is 5.13. The van der Waals surface area contributed by atoms with Crippen LogP contribution < -0.4 is 11.1 Å². The average Bonchev–Trinajstić information content (AvgIpc) is 2.03. The predicted octanol–water partition coefficient (Wildman–Crippen LogP) is 0.290. The first kappa shape index (κ1) is 13.1. The minimum Gasteiger partial charge on any atom is -0.370 e. The van der Waals surface area contributed by atoms with E-state index in [9.17, 15) is 0 Å². The molecule has 1 atom stereocenters. The highest BCUT2D eigenvalue weighted by molar-refractivity contribution is 7.80. The molecular formula is C8H19N5S. The van der Waals surface area contributed by atoms with Gasteiger partial charge in [-0.2, -0.15) is 12.6 Å². The SMILES string of the molecule is CC(C)[C@H](CS)N(C)C(=N)NC(=N)N. The molecule has 0 spiro atoms. The minimum absolute atomic E-state index is 0.130. The van der Waals surface area contributed by atoms with Gasteiger partial charge >= 0.3 is 0 Å². The zero-order chi connectivity index (χ0) is 11.3. The Labute approximate surface area is 90.5 Å². The van der Waals surface area contributed by atoms with Gasteiger partial charge in [-0.05, 0) is 5.92 Å². The van der Waals surface area contributed by atoms with Crippen molar-refractivity contribution in [1.82, 2.24) is 10.2 Å². The zero-order valence-electron chi connectivity index (χ0n) is 8.83. The van der Waals surface area contributed by atoms with E-state index in [1.807, 2.05) is 0 Å². The Morgan fingerprint density at radius 1 is 1.50 bits per heavy atom. The predicted molar refractivity (Wildman–Crippen MR) is 63.0 cm³/mol. The highest BCUT2D eigenvalue weighted by atomic mass is 32.1. The van der Waals surface area contributed by atoms with Crippen molar-refractivity contribution >= 4 is 24.5 Å². The summed E-state index contributed by atoms with van der Waals surface area (Å²) in [5, 5.41) is 17.1. The van der Waals surface area contributed by atoms with Gasteiger partial charge in [0.2, 0.25) is 0 Å². The van der Waals surface area contributed by atoms with Crippen LogP contribution in [0.25, 0.3) is 0 Å². The zero-order valence-corrected chi connectivity index (χ0v) is 9.73. The fourth-order valence-corrected chi connectivity index (χ4v) is 1.83. The van der Waals surface area contributed by atoms with Crippen LogP contribution in [-0.2, 0) is 0 Å². The molecular weight excluding hydrogens is 198 g/mol. The minimum atomic E-state index is -0.219. The van der Waals surface area contributed by atoms with Gasteiger partial charge in [-0.1, -0.05) is 13.8 Å². The summed E-state index contributed by atoms with van der Waals surface area (Å²) in [6, 6.07) is 0.165. The molecule has 0 aliphatic rings. The molecule has 0 rings (SSSR count). The number of nitrogens with one attached hydrogen (secondary N) is 3. The third-order valence-corrected chi connectivity index (χ3v) is 2.43. The van der Waals surface area contributed by atoms with E-state index in [-0.39, 0.29) is 18.0 Å². The van der Waals surface area contributed by atoms with Crippen LogP contribution in [0.1, 0.15) is 13.8 Å². The van der Waals surface area contributed by atoms with Crippen LogP contribution in [0.2, 0.25) is 0 Å². The molecule has 0 aromatic carbocycles. The van der Waals surface area contributed by atoms with E-state index in [0.29, 0.717) is 11.7 Å². The molecule has 0 fully saturated rings. The molecule has 0 aliphatic carbocycles. The lowest BCUT2D eigenvalue weighted by atomic mass is 10.1. The molecule has 5 nitrogen and oxygen atoms in total. The molecule has 0 aromatic heterocycles. The molecule has 82 valence electrons. The van der Waals surface area contributed by atoms with Crippen molar-refractivity contribution in [3.05, 3.63) is 0 Å². The molecule has 6 heteroatoms. The largest absolute Gasteiger partial charge is 0.370 e. The Hall–Kier alpha value is -0.910. The Balaban J connectivity index is 4.34. The highest BCUT2D eigenvalue weighted by Crippen LogP contribution is 2.10. The maximum absolute atomic E-state index is 7.61. The third kappa shape index (κ3) is 3.87. The fourth-order valence-electron chi connectivity index (χ4n) is 1.16.